The number of anilines is 1. The standard InChI is InChI=1S/C26H23ClN6O5S2/c1-37-31-17(21-30-26(28)40-32-21)22(34)29-18-23(35)33-19(16(12-27)13-39-24(18)33)25(36)38-20(14-8-4-2-5-9-14)15-10-6-3-7-11-15/h2-11,18,20,24H,12-13H2,1H3,(H,29,34)(H2,28,30,32)/t18?,24-/m1/s1. The van der Waals surface area contributed by atoms with Crippen molar-refractivity contribution in [2.75, 3.05) is 24.5 Å². The van der Waals surface area contributed by atoms with Crippen LogP contribution in [0.15, 0.2) is 77.1 Å². The number of nitrogens with zero attached hydrogens (tertiary/aromatic N) is 4. The number of carbonyl (C=O) groups is 3. The zero-order chi connectivity index (χ0) is 28.2. The molecular formula is C26H23ClN6O5S2. The maximum absolute atomic E-state index is 13.7. The molecule has 0 bridgehead atoms. The fourth-order valence-corrected chi connectivity index (χ4v) is 6.45. The molecule has 2 aliphatic rings. The van der Waals surface area contributed by atoms with Crippen LogP contribution in [0.1, 0.15) is 23.1 Å². The third-order valence-electron chi connectivity index (χ3n) is 6.17. The molecule has 1 saturated heterocycles. The number of nitrogen functional groups attached to an aromatic ring is 1. The molecule has 3 heterocycles. The molecular weight excluding hydrogens is 576 g/mol. The molecule has 0 spiro atoms. The van der Waals surface area contributed by atoms with Crippen molar-refractivity contribution in [1.29, 1.82) is 0 Å². The Hall–Kier alpha value is -3.94. The zero-order valence-corrected chi connectivity index (χ0v) is 23.4. The Labute approximate surface area is 242 Å². The largest absolute Gasteiger partial charge is 0.448 e. The van der Waals surface area contributed by atoms with Crippen molar-refractivity contribution in [2.24, 2.45) is 5.16 Å². The van der Waals surface area contributed by atoms with Gasteiger partial charge in [-0.2, -0.15) is 9.36 Å². The van der Waals surface area contributed by atoms with Crippen molar-refractivity contribution in [1.82, 2.24) is 19.6 Å². The van der Waals surface area contributed by atoms with E-state index in [0.717, 1.165) is 22.7 Å². The summed E-state index contributed by atoms with van der Waals surface area (Å²) in [5.74, 6) is -1.50. The third kappa shape index (κ3) is 5.40. The van der Waals surface area contributed by atoms with Gasteiger partial charge in [0, 0.05) is 23.2 Å². The molecule has 1 fully saturated rings. The molecule has 2 atom stereocenters. The summed E-state index contributed by atoms with van der Waals surface area (Å²) in [6, 6.07) is 17.7. The van der Waals surface area contributed by atoms with Crippen LogP contribution in [0.4, 0.5) is 5.13 Å². The molecule has 0 radical (unpaired) electrons. The van der Waals surface area contributed by atoms with Crippen molar-refractivity contribution in [3.63, 3.8) is 0 Å². The lowest BCUT2D eigenvalue weighted by molar-refractivity contribution is -0.154. The number of thioether (sulfide) groups is 1. The fourth-order valence-electron chi connectivity index (χ4n) is 4.34. The predicted octanol–water partition coefficient (Wildman–Crippen LogP) is 2.70. The average molecular weight is 599 g/mol. The minimum atomic E-state index is -0.936. The number of hydrogen-bond acceptors (Lipinski definition) is 11. The van der Waals surface area contributed by atoms with Crippen molar-refractivity contribution in [2.45, 2.75) is 17.5 Å². The van der Waals surface area contributed by atoms with Crippen molar-refractivity contribution >= 4 is 63.5 Å². The van der Waals surface area contributed by atoms with Gasteiger partial charge in [-0.1, -0.05) is 65.8 Å². The van der Waals surface area contributed by atoms with Crippen molar-refractivity contribution < 1.29 is 24.0 Å². The fraction of sp³-hybridized carbons (Fsp3) is 0.231. The minimum absolute atomic E-state index is 0.0248. The first-order chi connectivity index (χ1) is 19.4. The van der Waals surface area contributed by atoms with Crippen LogP contribution < -0.4 is 11.1 Å². The normalized spacial score (nSPS) is 18.7. The number of fused-ring (bicyclic) bond motifs is 1. The molecule has 5 rings (SSSR count). The third-order valence-corrected chi connectivity index (χ3v) is 8.37. The van der Waals surface area contributed by atoms with Gasteiger partial charge in [0.1, 0.15) is 24.2 Å². The van der Waals surface area contributed by atoms with E-state index in [2.05, 4.69) is 19.8 Å². The van der Waals surface area contributed by atoms with Crippen LogP contribution in [0, 0.1) is 0 Å². The van der Waals surface area contributed by atoms with Crippen molar-refractivity contribution in [3.05, 3.63) is 88.9 Å². The summed E-state index contributed by atoms with van der Waals surface area (Å²) in [5, 5.41) is 5.95. The Morgan fingerprint density at radius 1 is 1.18 bits per heavy atom. The summed E-state index contributed by atoms with van der Waals surface area (Å²) >= 11 is 8.47. The first kappa shape index (κ1) is 27.6. The number of alkyl halides is 1. The van der Waals surface area contributed by atoms with Crippen LogP contribution in [0.2, 0.25) is 0 Å². The van der Waals surface area contributed by atoms with E-state index in [4.69, 9.17) is 26.9 Å². The second-order valence-electron chi connectivity index (χ2n) is 8.63. The van der Waals surface area contributed by atoms with Gasteiger partial charge in [0.05, 0.1) is 0 Å². The number of nitrogens with one attached hydrogen (secondary N) is 1. The highest BCUT2D eigenvalue weighted by atomic mass is 35.5. The lowest BCUT2D eigenvalue weighted by atomic mass is 10.0. The smallest absolute Gasteiger partial charge is 0.356 e. The highest BCUT2D eigenvalue weighted by molar-refractivity contribution is 8.00. The molecule has 14 heteroatoms. The SMILES string of the molecule is CON=C(C(=O)NC1C(=O)N2C(C(=O)OC(c3ccccc3)c3ccccc3)=C(CCl)CS[C@H]12)c1nsc(N)n1. The van der Waals surface area contributed by atoms with Gasteiger partial charge >= 0.3 is 5.97 Å². The van der Waals surface area contributed by atoms with Crippen LogP contribution in [0.3, 0.4) is 0 Å². The number of rotatable bonds is 9. The predicted molar refractivity (Wildman–Crippen MR) is 151 cm³/mol. The summed E-state index contributed by atoms with van der Waals surface area (Å²) in [5.41, 5.74) is 7.61. The number of carbonyl (C=O) groups excluding carboxylic acids is 3. The molecule has 11 nitrogen and oxygen atoms in total. The van der Waals surface area contributed by atoms with Gasteiger partial charge in [0.15, 0.2) is 11.2 Å². The monoisotopic (exact) mass is 598 g/mol. The summed E-state index contributed by atoms with van der Waals surface area (Å²) in [4.78, 5) is 50.1. The Morgan fingerprint density at radius 2 is 1.82 bits per heavy atom. The number of β-lactam (4-membered cyclic amide) rings is 1. The average Bonchev–Trinajstić information content (AvgIpc) is 3.42. The first-order valence-electron chi connectivity index (χ1n) is 12.0. The maximum atomic E-state index is 13.7. The number of hydrogen-bond donors (Lipinski definition) is 2. The summed E-state index contributed by atoms with van der Waals surface area (Å²) in [6.45, 7) is 0. The summed E-state index contributed by atoms with van der Waals surface area (Å²) < 4.78 is 10.0. The molecule has 2 amide bonds. The Morgan fingerprint density at radius 3 is 2.38 bits per heavy atom. The van der Waals surface area contributed by atoms with E-state index in [-0.39, 0.29) is 28.2 Å². The molecule has 3 aromatic rings. The van der Waals surface area contributed by atoms with Gasteiger partial charge in [-0.25, -0.2) is 4.79 Å². The van der Waals surface area contributed by atoms with Crippen LogP contribution in [0.5, 0.6) is 0 Å². The molecule has 1 aromatic heterocycles. The van der Waals surface area contributed by atoms with E-state index < -0.39 is 35.3 Å². The van der Waals surface area contributed by atoms with Crippen molar-refractivity contribution in [3.8, 4) is 0 Å². The van der Waals surface area contributed by atoms with E-state index in [9.17, 15) is 14.4 Å². The van der Waals surface area contributed by atoms with Gasteiger partial charge in [-0.15, -0.1) is 23.4 Å². The van der Waals surface area contributed by atoms with Gasteiger partial charge in [-0.3, -0.25) is 14.5 Å². The van der Waals surface area contributed by atoms with E-state index >= 15 is 0 Å². The number of benzene rings is 2. The van der Waals surface area contributed by atoms with E-state index in [0.29, 0.717) is 11.3 Å². The number of halogens is 1. The van der Waals surface area contributed by atoms with Gasteiger partial charge in [0.2, 0.25) is 11.5 Å². The van der Waals surface area contributed by atoms with Crippen LogP contribution in [-0.2, 0) is 24.0 Å². The van der Waals surface area contributed by atoms with E-state index in [1.807, 2.05) is 60.7 Å². The number of oxime groups is 1. The number of ether oxygens (including phenoxy) is 1. The summed E-state index contributed by atoms with van der Waals surface area (Å²) in [6.07, 6.45) is -0.704. The van der Waals surface area contributed by atoms with Gasteiger partial charge in [-0.05, 0) is 16.7 Å². The molecule has 40 heavy (non-hydrogen) atoms. The van der Waals surface area contributed by atoms with E-state index in [1.165, 1.54) is 23.8 Å². The second-order valence-corrected chi connectivity index (χ2v) is 10.8. The number of nitrogens with two attached hydrogens (primary N) is 1. The Balaban J connectivity index is 1.37. The maximum Gasteiger partial charge on any atom is 0.356 e. The molecule has 2 aliphatic heterocycles. The quantitative estimate of drug-likeness (QED) is 0.125. The minimum Gasteiger partial charge on any atom is -0.448 e. The Bertz CT molecular complexity index is 1440. The lowest BCUT2D eigenvalue weighted by Gasteiger charge is -2.49. The van der Waals surface area contributed by atoms with Crippen LogP contribution in [0.25, 0.3) is 0 Å². The lowest BCUT2D eigenvalue weighted by Crippen LogP contribution is -2.71. The zero-order valence-electron chi connectivity index (χ0n) is 21.0. The molecule has 2 aromatic carbocycles. The Kier molecular flexibility index (Phi) is 8.33. The van der Waals surface area contributed by atoms with Crippen LogP contribution in [-0.4, -0.2) is 67.9 Å². The highest BCUT2D eigenvalue weighted by Gasteiger charge is 2.55. The number of amides is 2. The van der Waals surface area contributed by atoms with Gasteiger partial charge < -0.3 is 20.6 Å². The molecule has 3 N–H and O–H groups in total. The molecule has 206 valence electrons. The summed E-state index contributed by atoms with van der Waals surface area (Å²) in [7, 11) is 1.27. The number of esters is 1. The molecule has 0 aliphatic carbocycles. The van der Waals surface area contributed by atoms with E-state index in [1.54, 1.807) is 0 Å². The van der Waals surface area contributed by atoms with Gasteiger partial charge in [0.25, 0.3) is 11.8 Å². The number of aromatic nitrogens is 2. The second kappa shape index (κ2) is 12.1. The molecule has 1 unspecified atom stereocenters. The molecule has 0 saturated carbocycles. The highest BCUT2D eigenvalue weighted by Crippen LogP contribution is 2.42. The topological polar surface area (TPSA) is 149 Å². The van der Waals surface area contributed by atoms with Crippen LogP contribution >= 0.6 is 34.9 Å². The first-order valence-corrected chi connectivity index (χ1v) is 14.3.